The van der Waals surface area contributed by atoms with Gasteiger partial charge in [-0.15, -0.1) is 0 Å². The largest absolute Gasteiger partial charge is 0.493 e. The number of nitrogens with one attached hydrogen (secondary N) is 2. The quantitative estimate of drug-likeness (QED) is 0.645. The van der Waals surface area contributed by atoms with E-state index >= 15 is 0 Å². The van der Waals surface area contributed by atoms with E-state index in [0.29, 0.717) is 23.2 Å². The van der Waals surface area contributed by atoms with Crippen LogP contribution in [-0.2, 0) is 9.53 Å². The van der Waals surface area contributed by atoms with E-state index in [1.54, 1.807) is 21.0 Å². The number of fused-ring (bicyclic) bond motifs is 4. The number of thiocarbonyl (C=S) groups is 1. The summed E-state index contributed by atoms with van der Waals surface area (Å²) in [5, 5.41) is 6.65. The first kappa shape index (κ1) is 14.9. The molecule has 6 nitrogen and oxygen atoms in total. The zero-order valence-corrected chi connectivity index (χ0v) is 13.5. The molecule has 2 heterocycles. The molecule has 1 aromatic rings. The Kier molecular flexibility index (Phi) is 3.60. The van der Waals surface area contributed by atoms with Gasteiger partial charge in [-0.25, -0.2) is 0 Å². The van der Waals surface area contributed by atoms with Crippen LogP contribution in [0.5, 0.6) is 11.5 Å². The molecular formula is C15H18N2O4S. The van der Waals surface area contributed by atoms with Crippen LogP contribution in [0.2, 0.25) is 0 Å². The zero-order chi connectivity index (χ0) is 15.9. The molecule has 3 rings (SSSR count). The van der Waals surface area contributed by atoms with Crippen LogP contribution in [0.1, 0.15) is 25.5 Å². The lowest BCUT2D eigenvalue weighted by Gasteiger charge is -2.50. The second-order valence-electron chi connectivity index (χ2n) is 5.39. The first-order valence-electron chi connectivity index (χ1n) is 7.11. The van der Waals surface area contributed by atoms with Gasteiger partial charge in [0.25, 0.3) is 0 Å². The maximum absolute atomic E-state index is 12.4. The van der Waals surface area contributed by atoms with Crippen molar-refractivity contribution in [2.45, 2.75) is 25.6 Å². The van der Waals surface area contributed by atoms with Gasteiger partial charge in [-0.3, -0.25) is 4.79 Å². The summed E-state index contributed by atoms with van der Waals surface area (Å²) >= 11 is 5.24. The number of hydrogen-bond acceptors (Lipinski definition) is 5. The molecule has 7 heteroatoms. The Bertz CT molecular complexity index is 636. The van der Waals surface area contributed by atoms with E-state index < -0.39 is 11.6 Å². The highest BCUT2D eigenvalue weighted by Crippen LogP contribution is 2.48. The van der Waals surface area contributed by atoms with Gasteiger partial charge in [-0.05, 0) is 32.1 Å². The minimum Gasteiger partial charge on any atom is -0.493 e. The van der Waals surface area contributed by atoms with E-state index in [1.807, 2.05) is 18.2 Å². The summed E-state index contributed by atoms with van der Waals surface area (Å²) in [6, 6.07) is 5.26. The number of esters is 1. The van der Waals surface area contributed by atoms with Crippen molar-refractivity contribution in [3.05, 3.63) is 23.8 Å². The summed E-state index contributed by atoms with van der Waals surface area (Å²) in [7, 11) is 1.58. The van der Waals surface area contributed by atoms with Crippen LogP contribution in [0, 0.1) is 5.92 Å². The van der Waals surface area contributed by atoms with Crippen molar-refractivity contribution in [1.82, 2.24) is 10.6 Å². The van der Waals surface area contributed by atoms with Gasteiger partial charge in [0.15, 0.2) is 22.3 Å². The number of ether oxygens (including phenoxy) is 3. The molecule has 0 unspecified atom stereocenters. The van der Waals surface area contributed by atoms with E-state index in [1.165, 1.54) is 0 Å². The lowest BCUT2D eigenvalue weighted by atomic mass is 9.80. The Balaban J connectivity index is 2.12. The predicted molar refractivity (Wildman–Crippen MR) is 83.8 cm³/mol. The van der Waals surface area contributed by atoms with Gasteiger partial charge in [-0.2, -0.15) is 0 Å². The molecule has 2 N–H and O–H groups in total. The second kappa shape index (κ2) is 5.31. The van der Waals surface area contributed by atoms with Crippen molar-refractivity contribution in [3.8, 4) is 11.5 Å². The predicted octanol–water partition coefficient (Wildman–Crippen LogP) is 1.50. The van der Waals surface area contributed by atoms with Crippen LogP contribution < -0.4 is 20.1 Å². The smallest absolute Gasteiger partial charge is 0.317 e. The first-order valence-corrected chi connectivity index (χ1v) is 7.52. The summed E-state index contributed by atoms with van der Waals surface area (Å²) < 4.78 is 16.7. The van der Waals surface area contributed by atoms with E-state index in [2.05, 4.69) is 10.6 Å². The molecule has 2 aliphatic heterocycles. The Morgan fingerprint density at radius 3 is 2.95 bits per heavy atom. The molecule has 0 spiro atoms. The van der Waals surface area contributed by atoms with E-state index in [4.69, 9.17) is 26.4 Å². The summed E-state index contributed by atoms with van der Waals surface area (Å²) in [5.41, 5.74) is -0.153. The molecule has 0 aromatic heterocycles. The lowest BCUT2D eigenvalue weighted by molar-refractivity contribution is -0.162. The van der Waals surface area contributed by atoms with Crippen molar-refractivity contribution in [1.29, 1.82) is 0 Å². The van der Waals surface area contributed by atoms with Gasteiger partial charge >= 0.3 is 5.97 Å². The first-order chi connectivity index (χ1) is 10.5. The Morgan fingerprint density at radius 1 is 1.50 bits per heavy atom. The van der Waals surface area contributed by atoms with Crippen molar-refractivity contribution < 1.29 is 19.0 Å². The van der Waals surface area contributed by atoms with E-state index in [-0.39, 0.29) is 12.0 Å². The Morgan fingerprint density at radius 2 is 2.27 bits per heavy atom. The van der Waals surface area contributed by atoms with Crippen molar-refractivity contribution in [2.24, 2.45) is 5.92 Å². The summed E-state index contributed by atoms with van der Waals surface area (Å²) in [4.78, 5) is 12.4. The average molecular weight is 322 g/mol. The van der Waals surface area contributed by atoms with E-state index in [0.717, 1.165) is 5.56 Å². The minimum absolute atomic E-state index is 0.313. The third-order valence-electron chi connectivity index (χ3n) is 3.99. The van der Waals surface area contributed by atoms with Crippen LogP contribution in [0.15, 0.2) is 18.2 Å². The lowest BCUT2D eigenvalue weighted by Crippen LogP contribution is -2.70. The third kappa shape index (κ3) is 2.16. The molecule has 2 aliphatic rings. The van der Waals surface area contributed by atoms with Crippen LogP contribution in [0.3, 0.4) is 0 Å². The number of rotatable bonds is 3. The summed E-state index contributed by atoms with van der Waals surface area (Å²) in [5.74, 6) is 0.345. The SMILES string of the molecule is CCOC(=O)[C@H]1[C@@H]2NC(=S)N[C@@]1(C)Oc1c(OC)cccc12. The van der Waals surface area contributed by atoms with Crippen LogP contribution in [-0.4, -0.2) is 30.5 Å². The molecule has 1 fully saturated rings. The van der Waals surface area contributed by atoms with E-state index in [9.17, 15) is 4.79 Å². The molecule has 0 amide bonds. The van der Waals surface area contributed by atoms with Gasteiger partial charge in [0, 0.05) is 5.56 Å². The summed E-state index contributed by atoms with van der Waals surface area (Å²) in [6.07, 6.45) is 0. The number of para-hydroxylation sites is 1. The zero-order valence-electron chi connectivity index (χ0n) is 12.6. The molecule has 3 atom stereocenters. The van der Waals surface area contributed by atoms with Crippen LogP contribution >= 0.6 is 12.2 Å². The molecule has 1 saturated heterocycles. The normalized spacial score (nSPS) is 28.6. The fourth-order valence-electron chi connectivity index (χ4n) is 3.08. The fourth-order valence-corrected chi connectivity index (χ4v) is 3.41. The van der Waals surface area contributed by atoms with Crippen molar-refractivity contribution >= 4 is 23.3 Å². The number of carbonyl (C=O) groups is 1. The van der Waals surface area contributed by atoms with Gasteiger partial charge < -0.3 is 24.8 Å². The van der Waals surface area contributed by atoms with Gasteiger partial charge in [0.05, 0.1) is 19.8 Å². The maximum Gasteiger partial charge on any atom is 0.317 e. The minimum atomic E-state index is -0.985. The van der Waals surface area contributed by atoms with Crippen molar-refractivity contribution in [3.63, 3.8) is 0 Å². The highest BCUT2D eigenvalue weighted by molar-refractivity contribution is 7.80. The molecule has 1 aromatic carbocycles. The van der Waals surface area contributed by atoms with Gasteiger partial charge in [0.2, 0.25) is 0 Å². The van der Waals surface area contributed by atoms with Crippen molar-refractivity contribution in [2.75, 3.05) is 13.7 Å². The van der Waals surface area contributed by atoms with Crippen LogP contribution in [0.25, 0.3) is 0 Å². The Labute approximate surface area is 134 Å². The van der Waals surface area contributed by atoms with Crippen LogP contribution in [0.4, 0.5) is 0 Å². The van der Waals surface area contributed by atoms with Gasteiger partial charge in [-0.1, -0.05) is 12.1 Å². The second-order valence-corrected chi connectivity index (χ2v) is 5.80. The molecule has 0 saturated carbocycles. The molecule has 2 bridgehead atoms. The standard InChI is InChI=1S/C15H18N2O4S/c1-4-20-13(18)10-11-8-6-5-7-9(19-3)12(8)21-15(10,2)17-14(22)16-11/h5-7,10-11H,4H2,1-3H3,(H2,16,17,22)/t10-,11-,15+/m1/s1. The number of benzene rings is 1. The monoisotopic (exact) mass is 322 g/mol. The fraction of sp³-hybridized carbons (Fsp3) is 0.467. The average Bonchev–Trinajstić information content (AvgIpc) is 2.45. The maximum atomic E-state index is 12.4. The Hall–Kier alpha value is -2.02. The molecular weight excluding hydrogens is 304 g/mol. The number of carbonyl (C=O) groups excluding carboxylic acids is 1. The highest BCUT2D eigenvalue weighted by Gasteiger charge is 2.56. The number of methoxy groups -OCH3 is 1. The highest BCUT2D eigenvalue weighted by atomic mass is 32.1. The topological polar surface area (TPSA) is 68.8 Å². The molecule has 118 valence electrons. The number of hydrogen-bond donors (Lipinski definition) is 2. The summed E-state index contributed by atoms with van der Waals surface area (Å²) in [6.45, 7) is 3.89. The van der Waals surface area contributed by atoms with Gasteiger partial charge in [0.1, 0.15) is 5.92 Å². The molecule has 22 heavy (non-hydrogen) atoms. The molecule has 0 radical (unpaired) electrons. The molecule has 0 aliphatic carbocycles. The third-order valence-corrected chi connectivity index (χ3v) is 4.21.